The van der Waals surface area contributed by atoms with Crippen LogP contribution in [0.5, 0.6) is 0 Å². The average Bonchev–Trinajstić information content (AvgIpc) is 3.04. The fourth-order valence-electron chi connectivity index (χ4n) is 3.25. The Morgan fingerprint density at radius 1 is 1.28 bits per heavy atom. The van der Waals surface area contributed by atoms with Gasteiger partial charge in [0.2, 0.25) is 0 Å². The molecule has 3 rings (SSSR count). The number of benzene rings is 1. The first-order valence-corrected chi connectivity index (χ1v) is 8.75. The maximum absolute atomic E-state index is 4.46. The van der Waals surface area contributed by atoms with Crippen LogP contribution in [-0.4, -0.2) is 40.8 Å². The molecule has 1 aliphatic rings. The molecule has 6 heteroatoms. The maximum atomic E-state index is 4.46. The van der Waals surface area contributed by atoms with Gasteiger partial charge in [-0.05, 0) is 24.3 Å². The first kappa shape index (κ1) is 19.8. The molecule has 0 aliphatic carbocycles. The largest absolute Gasteiger partial charge is 0.352 e. The fraction of sp³-hybridized carbons (Fsp3) is 0.474. The van der Waals surface area contributed by atoms with E-state index < -0.39 is 0 Å². The van der Waals surface area contributed by atoms with Gasteiger partial charge in [0, 0.05) is 38.4 Å². The van der Waals surface area contributed by atoms with Crippen LogP contribution in [0.2, 0.25) is 0 Å². The van der Waals surface area contributed by atoms with Crippen molar-refractivity contribution in [2.45, 2.75) is 32.9 Å². The molecule has 1 N–H and O–H groups in total. The number of hydrogen-bond acceptors (Lipinski definition) is 2. The lowest BCUT2D eigenvalue weighted by molar-refractivity contribution is 0.266. The van der Waals surface area contributed by atoms with Gasteiger partial charge in [-0.2, -0.15) is 5.10 Å². The van der Waals surface area contributed by atoms with Gasteiger partial charge in [0.15, 0.2) is 5.96 Å². The van der Waals surface area contributed by atoms with Crippen LogP contribution in [0, 0.1) is 5.92 Å². The molecular weight excluding hydrogens is 425 g/mol. The van der Waals surface area contributed by atoms with Crippen LogP contribution in [-0.2, 0) is 13.1 Å². The van der Waals surface area contributed by atoms with E-state index in [0.29, 0.717) is 0 Å². The number of guanidine groups is 1. The van der Waals surface area contributed by atoms with E-state index in [1.165, 1.54) is 24.0 Å². The number of aromatic nitrogens is 2. The smallest absolute Gasteiger partial charge is 0.193 e. The minimum Gasteiger partial charge on any atom is -0.352 e. The van der Waals surface area contributed by atoms with Gasteiger partial charge < -0.3 is 10.2 Å². The van der Waals surface area contributed by atoms with Crippen molar-refractivity contribution < 1.29 is 0 Å². The van der Waals surface area contributed by atoms with Crippen LogP contribution in [0.4, 0.5) is 0 Å². The first-order valence-electron chi connectivity index (χ1n) is 8.75. The van der Waals surface area contributed by atoms with Gasteiger partial charge in [-0.3, -0.25) is 9.67 Å². The van der Waals surface area contributed by atoms with Gasteiger partial charge in [-0.1, -0.05) is 37.3 Å². The van der Waals surface area contributed by atoms with Crippen molar-refractivity contribution in [3.05, 3.63) is 53.9 Å². The Labute approximate surface area is 167 Å². The van der Waals surface area contributed by atoms with E-state index in [4.69, 9.17) is 0 Å². The third-order valence-electron chi connectivity index (χ3n) is 4.49. The lowest BCUT2D eigenvalue weighted by Gasteiger charge is -2.33. The molecule has 1 aromatic carbocycles. The number of likely N-dealkylation sites (tertiary alicyclic amines) is 1. The highest BCUT2D eigenvalue weighted by atomic mass is 127. The fourth-order valence-corrected chi connectivity index (χ4v) is 3.25. The molecular formula is C19H28IN5. The summed E-state index contributed by atoms with van der Waals surface area (Å²) in [6.07, 6.45) is 6.60. The number of aliphatic imine (C=N–C) groups is 1. The summed E-state index contributed by atoms with van der Waals surface area (Å²) >= 11 is 0. The van der Waals surface area contributed by atoms with Crippen LogP contribution in [0.3, 0.4) is 0 Å². The molecule has 0 spiro atoms. The topological polar surface area (TPSA) is 45.5 Å². The highest BCUT2D eigenvalue weighted by molar-refractivity contribution is 14.0. The van der Waals surface area contributed by atoms with Crippen molar-refractivity contribution >= 4 is 29.9 Å². The number of hydrogen-bond donors (Lipinski definition) is 1. The zero-order valence-electron chi connectivity index (χ0n) is 15.1. The Morgan fingerprint density at radius 2 is 2.08 bits per heavy atom. The second-order valence-corrected chi connectivity index (χ2v) is 6.63. The Kier molecular flexibility index (Phi) is 7.74. The van der Waals surface area contributed by atoms with Crippen molar-refractivity contribution in [3.63, 3.8) is 0 Å². The predicted molar refractivity (Wildman–Crippen MR) is 113 cm³/mol. The monoisotopic (exact) mass is 453 g/mol. The number of nitrogens with zero attached hydrogens (tertiary/aromatic N) is 4. The minimum absolute atomic E-state index is 0. The Morgan fingerprint density at radius 3 is 2.80 bits per heavy atom. The van der Waals surface area contributed by atoms with E-state index >= 15 is 0 Å². The van der Waals surface area contributed by atoms with Crippen LogP contribution in [0.1, 0.15) is 30.9 Å². The van der Waals surface area contributed by atoms with Crippen molar-refractivity contribution in [1.82, 2.24) is 20.0 Å². The minimum atomic E-state index is 0. The van der Waals surface area contributed by atoms with Crippen LogP contribution < -0.4 is 5.32 Å². The van der Waals surface area contributed by atoms with Crippen molar-refractivity contribution in [2.24, 2.45) is 10.9 Å². The van der Waals surface area contributed by atoms with Crippen LogP contribution in [0.15, 0.2) is 47.7 Å². The van der Waals surface area contributed by atoms with E-state index in [1.807, 2.05) is 24.0 Å². The van der Waals surface area contributed by atoms with Gasteiger partial charge in [0.25, 0.3) is 0 Å². The molecule has 136 valence electrons. The molecule has 1 saturated heterocycles. The standard InChI is InChI=1S/C19H27N5.HI/c1-16-7-6-10-23(13-16)19(20-2)21-11-18-12-22-24(15-18)14-17-8-4-3-5-9-17;/h3-5,8-9,12,15-16H,6-7,10-11,13-14H2,1-2H3,(H,20,21);1H. The average molecular weight is 453 g/mol. The normalized spacial score (nSPS) is 17.9. The summed E-state index contributed by atoms with van der Waals surface area (Å²) in [6.45, 7) is 6.06. The Bertz CT molecular complexity index is 667. The molecule has 0 bridgehead atoms. The summed E-state index contributed by atoms with van der Waals surface area (Å²) in [5.41, 5.74) is 2.44. The third-order valence-corrected chi connectivity index (χ3v) is 4.49. The summed E-state index contributed by atoms with van der Waals surface area (Å²) in [7, 11) is 1.86. The van der Waals surface area contributed by atoms with Crippen LogP contribution in [0.25, 0.3) is 0 Å². The van der Waals surface area contributed by atoms with Gasteiger partial charge in [0.1, 0.15) is 0 Å². The zero-order valence-corrected chi connectivity index (χ0v) is 17.4. The second-order valence-electron chi connectivity index (χ2n) is 6.63. The second kappa shape index (κ2) is 9.79. The molecule has 0 saturated carbocycles. The van der Waals surface area contributed by atoms with Gasteiger partial charge in [-0.25, -0.2) is 0 Å². The summed E-state index contributed by atoms with van der Waals surface area (Å²) in [5.74, 6) is 1.74. The molecule has 0 radical (unpaired) electrons. The van der Waals surface area contributed by atoms with Gasteiger partial charge >= 0.3 is 0 Å². The number of piperidine rings is 1. The highest BCUT2D eigenvalue weighted by Gasteiger charge is 2.19. The number of rotatable bonds is 4. The third kappa shape index (κ3) is 5.73. The molecule has 25 heavy (non-hydrogen) atoms. The molecule has 1 aliphatic heterocycles. The molecule has 0 amide bonds. The first-order chi connectivity index (χ1) is 11.7. The lowest BCUT2D eigenvalue weighted by Crippen LogP contribution is -2.45. The van der Waals surface area contributed by atoms with Crippen molar-refractivity contribution in [1.29, 1.82) is 0 Å². The summed E-state index contributed by atoms with van der Waals surface area (Å²) in [5, 5.41) is 7.94. The quantitative estimate of drug-likeness (QED) is 0.439. The molecule has 5 nitrogen and oxygen atoms in total. The van der Waals surface area contributed by atoms with Crippen molar-refractivity contribution in [3.8, 4) is 0 Å². The maximum Gasteiger partial charge on any atom is 0.193 e. The Balaban J connectivity index is 0.00000225. The molecule has 2 aromatic rings. The Hall–Kier alpha value is -1.57. The molecule has 1 fully saturated rings. The van der Waals surface area contributed by atoms with E-state index in [9.17, 15) is 0 Å². The summed E-state index contributed by atoms with van der Waals surface area (Å²) in [6, 6.07) is 10.4. The summed E-state index contributed by atoms with van der Waals surface area (Å²) < 4.78 is 1.98. The summed E-state index contributed by atoms with van der Waals surface area (Å²) in [4.78, 5) is 6.80. The lowest BCUT2D eigenvalue weighted by atomic mass is 10.0. The van der Waals surface area contributed by atoms with Gasteiger partial charge in [-0.15, -0.1) is 24.0 Å². The molecule has 1 atom stereocenters. The van der Waals surface area contributed by atoms with Crippen molar-refractivity contribution in [2.75, 3.05) is 20.1 Å². The molecule has 1 unspecified atom stereocenters. The van der Waals surface area contributed by atoms with E-state index in [2.05, 4.69) is 57.7 Å². The molecule has 1 aromatic heterocycles. The number of nitrogens with one attached hydrogen (secondary N) is 1. The molecule has 2 heterocycles. The van der Waals surface area contributed by atoms with Crippen LogP contribution >= 0.6 is 24.0 Å². The predicted octanol–water partition coefficient (Wildman–Crippen LogP) is 3.36. The van der Waals surface area contributed by atoms with Gasteiger partial charge in [0.05, 0.1) is 12.7 Å². The van der Waals surface area contributed by atoms with E-state index in [-0.39, 0.29) is 24.0 Å². The zero-order chi connectivity index (χ0) is 16.8. The SMILES string of the molecule is CN=C(NCc1cnn(Cc2ccccc2)c1)N1CCCC(C)C1.I. The van der Waals surface area contributed by atoms with E-state index in [1.54, 1.807) is 0 Å². The number of halogens is 1. The highest BCUT2D eigenvalue weighted by Crippen LogP contribution is 2.15. The van der Waals surface area contributed by atoms with E-state index in [0.717, 1.165) is 38.1 Å².